The minimum absolute atomic E-state index is 0. The number of nitrogens with one attached hydrogen (secondary N) is 1. The van der Waals surface area contributed by atoms with Crippen LogP contribution in [0.2, 0.25) is 0 Å². The van der Waals surface area contributed by atoms with Gasteiger partial charge in [-0.3, -0.25) is 9.59 Å². The van der Waals surface area contributed by atoms with Crippen LogP contribution in [0.25, 0.3) is 0 Å². The number of rotatable bonds is 4. The molecule has 136 valence electrons. The van der Waals surface area contributed by atoms with E-state index in [9.17, 15) is 9.59 Å². The molecule has 1 N–H and O–H groups in total. The van der Waals surface area contributed by atoms with Gasteiger partial charge in [-0.1, -0.05) is 20.3 Å². The van der Waals surface area contributed by atoms with Crippen molar-refractivity contribution in [3.63, 3.8) is 0 Å². The highest BCUT2D eigenvalue weighted by molar-refractivity contribution is 5.92. The van der Waals surface area contributed by atoms with Crippen LogP contribution in [0.3, 0.4) is 0 Å². The summed E-state index contributed by atoms with van der Waals surface area (Å²) in [6.45, 7) is 10.2. The zero-order chi connectivity index (χ0) is 18.1. The highest BCUT2D eigenvalue weighted by Crippen LogP contribution is 2.30. The van der Waals surface area contributed by atoms with Gasteiger partial charge in [0.1, 0.15) is 5.82 Å². The Balaban J connectivity index is 0.00000185. The number of carbonyl (C=O) groups is 2. The third-order valence-corrected chi connectivity index (χ3v) is 4.29. The summed E-state index contributed by atoms with van der Waals surface area (Å²) in [4.78, 5) is 28.5. The summed E-state index contributed by atoms with van der Waals surface area (Å²) in [7, 11) is 0. The van der Waals surface area contributed by atoms with E-state index in [0.29, 0.717) is 18.8 Å². The predicted octanol–water partition coefficient (Wildman–Crippen LogP) is 4.28. The largest absolute Gasteiger partial charge is 0.466 e. The molecule has 0 aliphatic heterocycles. The second-order valence-corrected chi connectivity index (χ2v) is 5.96. The molecule has 2 rings (SSSR count). The highest BCUT2D eigenvalue weighted by Gasteiger charge is 2.32. The topological polar surface area (TPSA) is 68.3 Å². The van der Waals surface area contributed by atoms with Gasteiger partial charge in [0, 0.05) is 13.5 Å². The second-order valence-electron chi connectivity index (χ2n) is 5.96. The fourth-order valence-corrected chi connectivity index (χ4v) is 2.82. The second kappa shape index (κ2) is 10.1. The molecule has 0 bridgehead atoms. The van der Waals surface area contributed by atoms with E-state index in [1.54, 1.807) is 13.1 Å². The van der Waals surface area contributed by atoms with Crippen molar-refractivity contribution in [3.05, 3.63) is 23.4 Å². The molecule has 0 saturated heterocycles. The monoisotopic (exact) mass is 336 g/mol. The third kappa shape index (κ3) is 5.62. The first-order valence-electron chi connectivity index (χ1n) is 8.92. The van der Waals surface area contributed by atoms with Gasteiger partial charge in [0.25, 0.3) is 0 Å². The number of aromatic nitrogens is 1. The minimum atomic E-state index is -0.177. The van der Waals surface area contributed by atoms with Crippen molar-refractivity contribution in [2.24, 2.45) is 11.8 Å². The molecule has 1 aliphatic carbocycles. The van der Waals surface area contributed by atoms with Crippen LogP contribution in [-0.2, 0) is 14.3 Å². The number of ether oxygens (including phenoxy) is 1. The first-order valence-corrected chi connectivity index (χ1v) is 8.92. The Morgan fingerprint density at radius 2 is 1.92 bits per heavy atom. The summed E-state index contributed by atoms with van der Waals surface area (Å²) >= 11 is 0. The molecule has 0 radical (unpaired) electrons. The molecule has 0 spiro atoms. The van der Waals surface area contributed by atoms with E-state index in [-0.39, 0.29) is 25.1 Å². The number of anilines is 1. The molecule has 24 heavy (non-hydrogen) atoms. The third-order valence-electron chi connectivity index (χ3n) is 4.29. The Labute approximate surface area is 146 Å². The number of amides is 1. The van der Waals surface area contributed by atoms with Crippen molar-refractivity contribution >= 4 is 17.7 Å². The summed E-state index contributed by atoms with van der Waals surface area (Å²) in [6, 6.07) is 1.87. The molecule has 2 atom stereocenters. The molecule has 5 nitrogen and oxygen atoms in total. The van der Waals surface area contributed by atoms with Crippen molar-refractivity contribution in [1.82, 2.24) is 4.98 Å². The van der Waals surface area contributed by atoms with E-state index in [1.165, 1.54) is 0 Å². The zero-order valence-corrected chi connectivity index (χ0v) is 15.5. The van der Waals surface area contributed by atoms with Gasteiger partial charge in [0.15, 0.2) is 0 Å². The average molecular weight is 336 g/mol. The standard InChI is InChI=1S/C17H24N2O3.C2H6.H2/c1-4-22-17(21)14-7-5-6-13(9-14)16(20)19-15-8-11(2)12(3)10-18-15;1-2;/h8,10,13-14H,4-7,9H2,1-3H3,(H,18,19,20);1-2H3;1H/t13-,14+;;/m0../s1. The molecule has 1 aromatic heterocycles. The Hall–Kier alpha value is -1.91. The number of carbonyl (C=O) groups excluding carboxylic acids is 2. The summed E-state index contributed by atoms with van der Waals surface area (Å²) < 4.78 is 5.07. The molecule has 5 heteroatoms. The molecular weight excluding hydrogens is 304 g/mol. The SMILES string of the molecule is CC.CCOC(=O)[C@@H]1CCC[C@H](C(=O)Nc2cc(C)c(C)cn2)C1.[HH]. The number of esters is 1. The maximum Gasteiger partial charge on any atom is 0.308 e. The van der Waals surface area contributed by atoms with Gasteiger partial charge in [0.2, 0.25) is 5.91 Å². The minimum Gasteiger partial charge on any atom is -0.466 e. The number of pyridine rings is 1. The summed E-state index contributed by atoms with van der Waals surface area (Å²) in [5.41, 5.74) is 2.19. The summed E-state index contributed by atoms with van der Waals surface area (Å²) in [6.07, 6.45) is 4.82. The van der Waals surface area contributed by atoms with E-state index < -0.39 is 0 Å². The van der Waals surface area contributed by atoms with E-state index in [2.05, 4.69) is 10.3 Å². The first-order chi connectivity index (χ1) is 11.5. The lowest BCUT2D eigenvalue weighted by Crippen LogP contribution is -2.32. The number of hydrogen-bond acceptors (Lipinski definition) is 4. The molecule has 1 aliphatic rings. The quantitative estimate of drug-likeness (QED) is 0.833. The van der Waals surface area contributed by atoms with E-state index in [0.717, 1.165) is 30.4 Å². The zero-order valence-electron chi connectivity index (χ0n) is 15.5. The molecule has 1 amide bonds. The lowest BCUT2D eigenvalue weighted by atomic mass is 9.81. The summed E-state index contributed by atoms with van der Waals surface area (Å²) in [5.74, 6) is 0.0455. The number of aryl methyl sites for hydroxylation is 2. The number of nitrogens with zero attached hydrogens (tertiary/aromatic N) is 1. The van der Waals surface area contributed by atoms with Gasteiger partial charge >= 0.3 is 5.97 Å². The van der Waals surface area contributed by atoms with Gasteiger partial charge in [0.05, 0.1) is 12.5 Å². The molecular formula is C19H32N2O3. The Kier molecular flexibility index (Phi) is 8.44. The van der Waals surface area contributed by atoms with Crippen LogP contribution in [0, 0.1) is 25.7 Å². The van der Waals surface area contributed by atoms with Gasteiger partial charge in [-0.25, -0.2) is 4.98 Å². The van der Waals surface area contributed by atoms with Crippen molar-refractivity contribution in [1.29, 1.82) is 0 Å². The molecule has 1 saturated carbocycles. The van der Waals surface area contributed by atoms with E-state index in [4.69, 9.17) is 4.74 Å². The van der Waals surface area contributed by atoms with Crippen LogP contribution in [0.4, 0.5) is 5.82 Å². The normalized spacial score (nSPS) is 19.7. The Bertz CT molecular complexity index is 564. The van der Waals surface area contributed by atoms with Gasteiger partial charge < -0.3 is 10.1 Å². The highest BCUT2D eigenvalue weighted by atomic mass is 16.5. The fraction of sp³-hybridized carbons (Fsp3) is 0.632. The lowest BCUT2D eigenvalue weighted by molar-refractivity contribution is -0.149. The smallest absolute Gasteiger partial charge is 0.308 e. The van der Waals surface area contributed by atoms with E-state index >= 15 is 0 Å². The van der Waals surface area contributed by atoms with Crippen molar-refractivity contribution in [2.45, 2.75) is 60.3 Å². The fourth-order valence-electron chi connectivity index (χ4n) is 2.82. The average Bonchev–Trinajstić information content (AvgIpc) is 2.60. The van der Waals surface area contributed by atoms with Crippen LogP contribution in [0.1, 0.15) is 59.0 Å². The van der Waals surface area contributed by atoms with Crippen LogP contribution < -0.4 is 5.32 Å². The van der Waals surface area contributed by atoms with Crippen LogP contribution in [-0.4, -0.2) is 23.5 Å². The van der Waals surface area contributed by atoms with Crippen molar-refractivity contribution < 1.29 is 15.8 Å². The van der Waals surface area contributed by atoms with Crippen LogP contribution in [0.5, 0.6) is 0 Å². The summed E-state index contributed by atoms with van der Waals surface area (Å²) in [5, 5.41) is 2.87. The van der Waals surface area contributed by atoms with E-state index in [1.807, 2.05) is 33.8 Å². The van der Waals surface area contributed by atoms with Crippen molar-refractivity contribution in [3.8, 4) is 0 Å². The van der Waals surface area contributed by atoms with Crippen molar-refractivity contribution in [2.75, 3.05) is 11.9 Å². The molecule has 1 fully saturated rings. The maximum atomic E-state index is 12.4. The maximum absolute atomic E-state index is 12.4. The molecule has 1 aromatic rings. The molecule has 1 heterocycles. The molecule has 0 unspecified atom stereocenters. The van der Waals surface area contributed by atoms with Gasteiger partial charge in [-0.2, -0.15) is 0 Å². The Morgan fingerprint density at radius 1 is 1.25 bits per heavy atom. The van der Waals surface area contributed by atoms with Gasteiger partial charge in [-0.05, 0) is 57.2 Å². The Morgan fingerprint density at radius 3 is 2.54 bits per heavy atom. The van der Waals surface area contributed by atoms with Crippen LogP contribution in [0.15, 0.2) is 12.3 Å². The van der Waals surface area contributed by atoms with Gasteiger partial charge in [-0.15, -0.1) is 0 Å². The number of hydrogen-bond donors (Lipinski definition) is 1. The predicted molar refractivity (Wildman–Crippen MR) is 97.9 cm³/mol. The van der Waals surface area contributed by atoms with Crippen LogP contribution >= 0.6 is 0 Å². The first kappa shape index (κ1) is 20.1. The lowest BCUT2D eigenvalue weighted by Gasteiger charge is -2.26. The molecule has 0 aromatic carbocycles.